The Bertz CT molecular complexity index is 413. The zero-order valence-corrected chi connectivity index (χ0v) is 10.8. The zero-order chi connectivity index (χ0) is 12.3. The summed E-state index contributed by atoms with van der Waals surface area (Å²) in [5.74, 6) is 0.664. The minimum absolute atomic E-state index is 0.0871. The Morgan fingerprint density at radius 3 is 3.12 bits per heavy atom. The van der Waals surface area contributed by atoms with Gasteiger partial charge in [-0.25, -0.2) is 4.79 Å². The Morgan fingerprint density at radius 2 is 2.41 bits per heavy atom. The summed E-state index contributed by atoms with van der Waals surface area (Å²) < 4.78 is 6.57. The lowest BCUT2D eigenvalue weighted by atomic mass is 10.1. The number of pyridine rings is 1. The second kappa shape index (κ2) is 5.35. The average molecular weight is 301 g/mol. The Hall–Kier alpha value is -1.30. The third-order valence-electron chi connectivity index (χ3n) is 2.63. The number of amides is 1. The summed E-state index contributed by atoms with van der Waals surface area (Å²) in [6.45, 7) is 1.01. The summed E-state index contributed by atoms with van der Waals surface area (Å²) in [6, 6.07) is 1.83. The van der Waals surface area contributed by atoms with Crippen LogP contribution in [0.4, 0.5) is 4.79 Å². The first kappa shape index (κ1) is 12.2. The van der Waals surface area contributed by atoms with Gasteiger partial charge in [0, 0.05) is 17.2 Å². The van der Waals surface area contributed by atoms with Crippen molar-refractivity contribution < 1.29 is 14.6 Å². The molecular weight excluding hydrogens is 288 g/mol. The molecule has 1 aromatic heterocycles. The molecule has 0 saturated carbocycles. The lowest BCUT2D eigenvalue weighted by Crippen LogP contribution is -2.43. The van der Waals surface area contributed by atoms with E-state index in [0.717, 1.165) is 17.3 Å². The van der Waals surface area contributed by atoms with Crippen LogP contribution in [0.3, 0.4) is 0 Å². The molecule has 0 unspecified atom stereocenters. The smallest absolute Gasteiger partial charge is 0.407 e. The largest absolute Gasteiger partial charge is 0.487 e. The highest BCUT2D eigenvalue weighted by atomic mass is 79.9. The summed E-state index contributed by atoms with van der Waals surface area (Å²) in [5.41, 5.74) is 0. The fourth-order valence-corrected chi connectivity index (χ4v) is 2.20. The molecule has 0 radical (unpaired) electrons. The van der Waals surface area contributed by atoms with E-state index in [2.05, 4.69) is 20.9 Å². The molecule has 1 amide bonds. The van der Waals surface area contributed by atoms with E-state index in [9.17, 15) is 4.79 Å². The van der Waals surface area contributed by atoms with Crippen LogP contribution in [0.25, 0.3) is 0 Å². The molecule has 0 aromatic carbocycles. The molecule has 17 heavy (non-hydrogen) atoms. The normalized spacial score (nSPS) is 20.1. The van der Waals surface area contributed by atoms with Crippen molar-refractivity contribution in [2.75, 3.05) is 13.1 Å². The SMILES string of the molecule is O=C(O)N1CCC[C@@H](Oc2cncc(Br)c2)C1. The third kappa shape index (κ3) is 3.33. The third-order valence-corrected chi connectivity index (χ3v) is 3.06. The van der Waals surface area contributed by atoms with E-state index in [0.29, 0.717) is 18.8 Å². The maximum atomic E-state index is 10.9. The highest BCUT2D eigenvalue weighted by Crippen LogP contribution is 2.20. The molecule has 1 aliphatic rings. The molecule has 0 aliphatic carbocycles. The first-order valence-electron chi connectivity index (χ1n) is 5.40. The fourth-order valence-electron chi connectivity index (χ4n) is 1.86. The van der Waals surface area contributed by atoms with E-state index in [-0.39, 0.29) is 6.10 Å². The number of ether oxygens (including phenoxy) is 1. The summed E-state index contributed by atoms with van der Waals surface area (Å²) in [4.78, 5) is 16.2. The van der Waals surface area contributed by atoms with E-state index in [4.69, 9.17) is 9.84 Å². The monoisotopic (exact) mass is 300 g/mol. The summed E-state index contributed by atoms with van der Waals surface area (Å²) >= 11 is 3.32. The molecule has 0 spiro atoms. The van der Waals surface area contributed by atoms with Crippen LogP contribution in [-0.2, 0) is 0 Å². The van der Waals surface area contributed by atoms with Crippen molar-refractivity contribution in [1.29, 1.82) is 0 Å². The van der Waals surface area contributed by atoms with Gasteiger partial charge in [0.1, 0.15) is 11.9 Å². The second-order valence-corrected chi connectivity index (χ2v) is 4.87. The molecule has 6 heteroatoms. The fraction of sp³-hybridized carbons (Fsp3) is 0.455. The predicted molar refractivity (Wildman–Crippen MR) is 65.2 cm³/mol. The van der Waals surface area contributed by atoms with Crippen LogP contribution in [0.15, 0.2) is 22.9 Å². The molecule has 1 aliphatic heterocycles. The predicted octanol–water partition coefficient (Wildman–Crippen LogP) is 2.37. The zero-order valence-electron chi connectivity index (χ0n) is 9.17. The van der Waals surface area contributed by atoms with E-state index < -0.39 is 6.09 Å². The number of nitrogens with zero attached hydrogens (tertiary/aromatic N) is 2. The number of carboxylic acid groups (broad SMARTS) is 1. The van der Waals surface area contributed by atoms with Crippen molar-refractivity contribution in [3.8, 4) is 5.75 Å². The van der Waals surface area contributed by atoms with Crippen LogP contribution in [0.2, 0.25) is 0 Å². The minimum atomic E-state index is -0.884. The number of likely N-dealkylation sites (tertiary alicyclic amines) is 1. The molecule has 5 nitrogen and oxygen atoms in total. The maximum absolute atomic E-state index is 10.9. The Kier molecular flexibility index (Phi) is 3.83. The first-order chi connectivity index (χ1) is 8.15. The maximum Gasteiger partial charge on any atom is 0.407 e. The van der Waals surface area contributed by atoms with E-state index in [1.54, 1.807) is 12.4 Å². The van der Waals surface area contributed by atoms with E-state index in [1.807, 2.05) is 6.07 Å². The highest BCUT2D eigenvalue weighted by molar-refractivity contribution is 9.10. The van der Waals surface area contributed by atoms with Gasteiger partial charge in [0.2, 0.25) is 0 Å². The molecule has 1 atom stereocenters. The van der Waals surface area contributed by atoms with Gasteiger partial charge in [-0.15, -0.1) is 0 Å². The van der Waals surface area contributed by atoms with Crippen molar-refractivity contribution in [3.05, 3.63) is 22.9 Å². The number of rotatable bonds is 2. The van der Waals surface area contributed by atoms with Crippen molar-refractivity contribution in [3.63, 3.8) is 0 Å². The van der Waals surface area contributed by atoms with Crippen molar-refractivity contribution in [2.45, 2.75) is 18.9 Å². The number of hydrogen-bond donors (Lipinski definition) is 1. The highest BCUT2D eigenvalue weighted by Gasteiger charge is 2.24. The number of carbonyl (C=O) groups is 1. The Labute approximate surface area is 108 Å². The molecule has 1 fully saturated rings. The number of piperidine rings is 1. The Morgan fingerprint density at radius 1 is 1.59 bits per heavy atom. The standard InChI is InChI=1S/C11H13BrN2O3/c12-8-4-10(6-13-5-8)17-9-2-1-3-14(7-9)11(15)16/h4-6,9H,1-3,7H2,(H,15,16)/t9-/m1/s1. The van der Waals surface area contributed by atoms with Crippen molar-refractivity contribution in [1.82, 2.24) is 9.88 Å². The lowest BCUT2D eigenvalue weighted by molar-refractivity contribution is 0.0789. The van der Waals surface area contributed by atoms with Crippen LogP contribution in [-0.4, -0.2) is 40.3 Å². The molecule has 2 rings (SSSR count). The summed E-state index contributed by atoms with van der Waals surface area (Å²) in [6.07, 6.45) is 4.04. The molecule has 1 aromatic rings. The Balaban J connectivity index is 1.97. The van der Waals surface area contributed by atoms with Crippen molar-refractivity contribution >= 4 is 22.0 Å². The summed E-state index contributed by atoms with van der Waals surface area (Å²) in [5, 5.41) is 8.92. The quantitative estimate of drug-likeness (QED) is 0.911. The van der Waals surface area contributed by atoms with Gasteiger partial charge < -0.3 is 14.7 Å². The van der Waals surface area contributed by atoms with Crippen LogP contribution in [0.1, 0.15) is 12.8 Å². The van der Waals surface area contributed by atoms with Gasteiger partial charge in [-0.3, -0.25) is 4.98 Å². The van der Waals surface area contributed by atoms with Gasteiger partial charge in [0.25, 0.3) is 0 Å². The van der Waals surface area contributed by atoms with Crippen LogP contribution >= 0.6 is 15.9 Å². The van der Waals surface area contributed by atoms with Gasteiger partial charge in [-0.1, -0.05) is 0 Å². The van der Waals surface area contributed by atoms with Gasteiger partial charge in [0.05, 0.1) is 12.7 Å². The second-order valence-electron chi connectivity index (χ2n) is 3.95. The van der Waals surface area contributed by atoms with Gasteiger partial charge in [-0.2, -0.15) is 0 Å². The molecular formula is C11H13BrN2O3. The van der Waals surface area contributed by atoms with E-state index in [1.165, 1.54) is 4.90 Å². The first-order valence-corrected chi connectivity index (χ1v) is 6.19. The molecule has 2 heterocycles. The topological polar surface area (TPSA) is 62.7 Å². The average Bonchev–Trinajstić information content (AvgIpc) is 2.29. The molecule has 0 bridgehead atoms. The van der Waals surface area contributed by atoms with Crippen molar-refractivity contribution in [2.24, 2.45) is 0 Å². The van der Waals surface area contributed by atoms with E-state index >= 15 is 0 Å². The summed E-state index contributed by atoms with van der Waals surface area (Å²) in [7, 11) is 0. The number of hydrogen-bond acceptors (Lipinski definition) is 3. The van der Waals surface area contributed by atoms with Gasteiger partial charge >= 0.3 is 6.09 Å². The van der Waals surface area contributed by atoms with Gasteiger partial charge in [0.15, 0.2) is 0 Å². The number of aromatic nitrogens is 1. The minimum Gasteiger partial charge on any atom is -0.487 e. The van der Waals surface area contributed by atoms with Crippen LogP contribution in [0, 0.1) is 0 Å². The van der Waals surface area contributed by atoms with Gasteiger partial charge in [-0.05, 0) is 34.8 Å². The van der Waals surface area contributed by atoms with Crippen LogP contribution < -0.4 is 4.74 Å². The molecule has 1 N–H and O–H groups in total. The van der Waals surface area contributed by atoms with Crippen LogP contribution in [0.5, 0.6) is 5.75 Å². The molecule has 92 valence electrons. The number of halogens is 1. The molecule has 1 saturated heterocycles. The lowest BCUT2D eigenvalue weighted by Gasteiger charge is -2.30.